The number of aliphatic hydroxyl groups excluding tert-OH is 2. The van der Waals surface area contributed by atoms with Crippen LogP contribution in [0, 0.1) is 0 Å². The molecule has 4 aromatic carbocycles. The zero-order chi connectivity index (χ0) is 39.9. The Labute approximate surface area is 325 Å². The number of aliphatic hydroxyl groups is 2. The van der Waals surface area contributed by atoms with Crippen LogP contribution in [0.5, 0.6) is 11.5 Å². The van der Waals surface area contributed by atoms with Gasteiger partial charge in [-0.2, -0.15) is 0 Å². The van der Waals surface area contributed by atoms with Crippen LogP contribution in [0.15, 0.2) is 72.8 Å². The number of nitrogens with zero attached hydrogens (tertiary/aromatic N) is 2. The highest BCUT2D eigenvalue weighted by atomic mass is 16.5. The number of carbonyl (C=O) groups is 4. The van der Waals surface area contributed by atoms with E-state index in [1.54, 1.807) is 47.2 Å². The van der Waals surface area contributed by atoms with E-state index in [0.29, 0.717) is 74.4 Å². The Morgan fingerprint density at radius 2 is 1.20 bits per heavy atom. The average Bonchev–Trinajstić information content (AvgIpc) is 3.82. The van der Waals surface area contributed by atoms with E-state index in [1.165, 1.54) is 7.11 Å². The summed E-state index contributed by atoms with van der Waals surface area (Å²) in [5, 5.41) is 40.6. The van der Waals surface area contributed by atoms with Gasteiger partial charge in [-0.05, 0) is 96.3 Å². The number of carboxylic acid groups (broad SMARTS) is 2. The van der Waals surface area contributed by atoms with E-state index >= 15 is 0 Å². The van der Waals surface area contributed by atoms with Gasteiger partial charge in [-0.3, -0.25) is 19.2 Å². The molecule has 5 N–H and O–H groups in total. The topological polar surface area (TPSA) is 186 Å². The Hall–Kier alpha value is -5.76. The maximum Gasteiger partial charge on any atom is 0.306 e. The summed E-state index contributed by atoms with van der Waals surface area (Å²) >= 11 is 0. The summed E-state index contributed by atoms with van der Waals surface area (Å²) in [5.74, 6) is -1.36. The molecule has 56 heavy (non-hydrogen) atoms. The summed E-state index contributed by atoms with van der Waals surface area (Å²) in [6, 6.07) is 22.5. The van der Waals surface area contributed by atoms with Crippen molar-refractivity contribution >= 4 is 35.1 Å². The number of carbonyl (C=O) groups excluding carboxylic acids is 2. The maximum absolute atomic E-state index is 14.0. The van der Waals surface area contributed by atoms with Crippen LogP contribution in [0.1, 0.15) is 68.7 Å². The highest BCUT2D eigenvalue weighted by molar-refractivity contribution is 6.09. The molecular formula is C43H47N3O10. The fourth-order valence-electron chi connectivity index (χ4n) is 7.69. The highest BCUT2D eigenvalue weighted by Gasteiger charge is 2.32. The van der Waals surface area contributed by atoms with Crippen molar-refractivity contribution in [3.05, 3.63) is 106 Å². The molecule has 0 unspecified atom stereocenters. The first-order valence-electron chi connectivity index (χ1n) is 18.7. The molecule has 2 amide bonds. The van der Waals surface area contributed by atoms with Gasteiger partial charge in [-0.15, -0.1) is 0 Å². The molecule has 2 aliphatic heterocycles. The van der Waals surface area contributed by atoms with Crippen molar-refractivity contribution in [2.45, 2.75) is 63.7 Å². The molecule has 6 rings (SSSR count). The molecule has 0 fully saturated rings. The van der Waals surface area contributed by atoms with Crippen LogP contribution in [0.25, 0.3) is 11.1 Å². The Morgan fingerprint density at radius 3 is 1.71 bits per heavy atom. The molecule has 2 heterocycles. The molecule has 13 heteroatoms. The maximum atomic E-state index is 14.0. The van der Waals surface area contributed by atoms with Crippen molar-refractivity contribution in [3.8, 4) is 22.6 Å². The molecule has 13 nitrogen and oxygen atoms in total. The number of aliphatic carboxylic acids is 2. The number of hydrogen-bond acceptors (Lipinski definition) is 9. The van der Waals surface area contributed by atoms with Crippen molar-refractivity contribution in [2.24, 2.45) is 0 Å². The number of rotatable bonds is 17. The van der Waals surface area contributed by atoms with Gasteiger partial charge >= 0.3 is 11.9 Å². The molecule has 294 valence electrons. The summed E-state index contributed by atoms with van der Waals surface area (Å²) in [4.78, 5) is 53.2. The Kier molecular flexibility index (Phi) is 12.7. The molecule has 0 saturated carbocycles. The van der Waals surface area contributed by atoms with Crippen molar-refractivity contribution < 1.29 is 49.1 Å². The second-order valence-electron chi connectivity index (χ2n) is 14.1. The SMILES string of the molecule is COc1cc(C(=O)N2CCc3c(-c4cccc5c4CCN5C(=O)c4ccc(CNC[C@@H](O)CC(=O)O)c(OC)c4)cccc32)ccc1CCC[C@@H](O)CC(=O)O. The lowest BCUT2D eigenvalue weighted by molar-refractivity contribution is -0.140. The van der Waals surface area contributed by atoms with Crippen LogP contribution >= 0.6 is 0 Å². The third-order valence-corrected chi connectivity index (χ3v) is 10.4. The smallest absolute Gasteiger partial charge is 0.306 e. The summed E-state index contributed by atoms with van der Waals surface area (Å²) < 4.78 is 11.2. The van der Waals surface area contributed by atoms with Crippen molar-refractivity contribution in [1.82, 2.24) is 5.32 Å². The fraction of sp³-hybridized carbons (Fsp3) is 0.349. The molecule has 2 atom stereocenters. The molecular weight excluding hydrogens is 718 g/mol. The number of aryl methyl sites for hydroxylation is 1. The molecule has 0 saturated heterocycles. The van der Waals surface area contributed by atoms with Crippen LogP contribution in [-0.4, -0.2) is 90.2 Å². The van der Waals surface area contributed by atoms with Crippen molar-refractivity contribution in [3.63, 3.8) is 0 Å². The number of benzene rings is 4. The van der Waals surface area contributed by atoms with E-state index in [1.807, 2.05) is 30.3 Å². The minimum absolute atomic E-state index is 0.0967. The normalized spacial score (nSPS) is 14.2. The van der Waals surface area contributed by atoms with E-state index in [0.717, 1.165) is 44.8 Å². The number of anilines is 2. The predicted octanol–water partition coefficient (Wildman–Crippen LogP) is 4.86. The van der Waals surface area contributed by atoms with Crippen molar-refractivity contribution in [2.75, 3.05) is 43.7 Å². The van der Waals surface area contributed by atoms with Crippen LogP contribution in [0.3, 0.4) is 0 Å². The monoisotopic (exact) mass is 765 g/mol. The lowest BCUT2D eigenvalue weighted by atomic mass is 9.93. The zero-order valence-corrected chi connectivity index (χ0v) is 31.5. The summed E-state index contributed by atoms with van der Waals surface area (Å²) in [6.45, 7) is 1.42. The summed E-state index contributed by atoms with van der Waals surface area (Å²) in [5.41, 5.74) is 8.42. The Bertz CT molecular complexity index is 1970. The number of hydrogen-bond donors (Lipinski definition) is 5. The molecule has 2 aliphatic rings. The second-order valence-corrected chi connectivity index (χ2v) is 14.1. The van der Waals surface area contributed by atoms with Gasteiger partial charge < -0.3 is 45.0 Å². The largest absolute Gasteiger partial charge is 0.496 e. The summed E-state index contributed by atoms with van der Waals surface area (Å²) in [6.07, 6.45) is 0.216. The number of fused-ring (bicyclic) bond motifs is 2. The second kappa shape index (κ2) is 17.8. The fourth-order valence-corrected chi connectivity index (χ4v) is 7.69. The number of carboxylic acids is 2. The molecule has 0 aliphatic carbocycles. The highest BCUT2D eigenvalue weighted by Crippen LogP contribution is 2.42. The van der Waals surface area contributed by atoms with E-state index in [-0.39, 0.29) is 31.2 Å². The quantitative estimate of drug-likeness (QED) is 0.0989. The molecule has 0 radical (unpaired) electrons. The first-order valence-corrected chi connectivity index (χ1v) is 18.7. The molecule has 0 bridgehead atoms. The molecule has 0 aromatic heterocycles. The zero-order valence-electron chi connectivity index (χ0n) is 31.5. The van der Waals surface area contributed by atoms with Gasteiger partial charge in [0, 0.05) is 54.2 Å². The van der Waals surface area contributed by atoms with E-state index in [2.05, 4.69) is 17.4 Å². The Morgan fingerprint density at radius 1 is 0.696 bits per heavy atom. The first kappa shape index (κ1) is 39.9. The van der Waals surface area contributed by atoms with E-state index < -0.39 is 24.1 Å². The lowest BCUT2D eigenvalue weighted by Gasteiger charge is -2.20. The number of methoxy groups -OCH3 is 2. The van der Waals surface area contributed by atoms with E-state index in [4.69, 9.17) is 19.7 Å². The minimum atomic E-state index is -1.08. The number of ether oxygens (including phenoxy) is 2. The standard InChI is InChI=1S/C43H47N3O10/c1-55-38-20-27(13-12-26(38)6-3-7-30(47)22-40(49)50)42(53)45-18-16-34-32(8-4-10-36(34)45)33-9-5-11-37-35(33)17-19-46(37)43(54)28-14-15-29(39(21-28)56-2)24-44-25-31(48)23-41(51)52/h4-5,8-15,20-21,30-31,44,47-48H,3,6-7,16-19,22-25H2,1-2H3,(H,49,50)(H,51,52)/t30-,31+/m1/s1. The average molecular weight is 766 g/mol. The van der Waals surface area contributed by atoms with Crippen LogP contribution in [0.2, 0.25) is 0 Å². The van der Waals surface area contributed by atoms with Crippen LogP contribution in [-0.2, 0) is 35.4 Å². The Balaban J connectivity index is 1.17. The summed E-state index contributed by atoms with van der Waals surface area (Å²) in [7, 11) is 3.07. The minimum Gasteiger partial charge on any atom is -0.496 e. The first-order chi connectivity index (χ1) is 27.0. The van der Waals surface area contributed by atoms with Crippen LogP contribution < -0.4 is 24.6 Å². The van der Waals surface area contributed by atoms with Gasteiger partial charge in [0.15, 0.2) is 0 Å². The lowest BCUT2D eigenvalue weighted by Crippen LogP contribution is -2.29. The third-order valence-electron chi connectivity index (χ3n) is 10.4. The van der Waals surface area contributed by atoms with Crippen molar-refractivity contribution in [1.29, 1.82) is 0 Å². The molecule has 4 aromatic rings. The van der Waals surface area contributed by atoms with Gasteiger partial charge in [0.25, 0.3) is 11.8 Å². The van der Waals surface area contributed by atoms with Gasteiger partial charge in [0.2, 0.25) is 0 Å². The van der Waals surface area contributed by atoms with E-state index in [9.17, 15) is 29.4 Å². The molecule has 0 spiro atoms. The third kappa shape index (κ3) is 8.86. The van der Waals surface area contributed by atoms with Crippen LogP contribution in [0.4, 0.5) is 11.4 Å². The van der Waals surface area contributed by atoms with Gasteiger partial charge in [-0.1, -0.05) is 36.4 Å². The number of amides is 2. The van der Waals surface area contributed by atoms with Gasteiger partial charge in [0.1, 0.15) is 11.5 Å². The predicted molar refractivity (Wildman–Crippen MR) is 210 cm³/mol. The van der Waals surface area contributed by atoms with Gasteiger partial charge in [-0.25, -0.2) is 0 Å². The number of nitrogens with one attached hydrogen (secondary N) is 1. The van der Waals surface area contributed by atoms with Gasteiger partial charge in [0.05, 0.1) is 39.3 Å².